The molecule has 0 aromatic heterocycles. The van der Waals surface area contributed by atoms with Crippen LogP contribution in [-0.4, -0.2) is 26.1 Å². The van der Waals surface area contributed by atoms with E-state index < -0.39 is 5.79 Å². The molecule has 0 spiro atoms. The molecule has 4 heteroatoms. The fourth-order valence-electron chi connectivity index (χ4n) is 2.18. The standard InChI is InChI=1S/C14H21NO3/c1-14(17-7-4-8-18-14)10-13(15)11-5-3-6-12(9-11)16-2/h3,5-6,9,13H,4,7-8,10,15H2,1-2H3. The maximum Gasteiger partial charge on any atom is 0.167 e. The smallest absolute Gasteiger partial charge is 0.167 e. The van der Waals surface area contributed by atoms with Crippen molar-refractivity contribution in [2.75, 3.05) is 20.3 Å². The first-order valence-corrected chi connectivity index (χ1v) is 6.30. The van der Waals surface area contributed by atoms with Crippen molar-refractivity contribution in [2.45, 2.75) is 31.6 Å². The lowest BCUT2D eigenvalue weighted by Gasteiger charge is -2.35. The van der Waals surface area contributed by atoms with Gasteiger partial charge in [-0.25, -0.2) is 0 Å². The van der Waals surface area contributed by atoms with Crippen molar-refractivity contribution in [2.24, 2.45) is 5.73 Å². The molecule has 0 amide bonds. The van der Waals surface area contributed by atoms with Crippen molar-refractivity contribution in [1.82, 2.24) is 0 Å². The Morgan fingerprint density at radius 2 is 2.11 bits per heavy atom. The topological polar surface area (TPSA) is 53.7 Å². The van der Waals surface area contributed by atoms with Gasteiger partial charge < -0.3 is 19.9 Å². The molecule has 1 heterocycles. The van der Waals surface area contributed by atoms with E-state index in [-0.39, 0.29) is 6.04 Å². The van der Waals surface area contributed by atoms with Gasteiger partial charge in [-0.1, -0.05) is 12.1 Å². The number of ether oxygens (including phenoxy) is 3. The van der Waals surface area contributed by atoms with Crippen molar-refractivity contribution >= 4 is 0 Å². The Morgan fingerprint density at radius 1 is 1.39 bits per heavy atom. The highest BCUT2D eigenvalue weighted by Crippen LogP contribution is 2.29. The van der Waals surface area contributed by atoms with Crippen LogP contribution in [-0.2, 0) is 9.47 Å². The predicted octanol–water partition coefficient (Wildman–Crippen LogP) is 2.24. The second kappa shape index (κ2) is 5.69. The highest BCUT2D eigenvalue weighted by atomic mass is 16.7. The maximum atomic E-state index is 6.22. The van der Waals surface area contributed by atoms with Crippen molar-refractivity contribution < 1.29 is 14.2 Å². The van der Waals surface area contributed by atoms with Crippen LogP contribution in [0.2, 0.25) is 0 Å². The Morgan fingerprint density at radius 3 is 2.78 bits per heavy atom. The molecule has 1 aliphatic heterocycles. The Bertz CT molecular complexity index is 388. The Kier molecular flexibility index (Phi) is 4.22. The first-order chi connectivity index (χ1) is 8.63. The van der Waals surface area contributed by atoms with E-state index in [1.165, 1.54) is 0 Å². The summed E-state index contributed by atoms with van der Waals surface area (Å²) in [5.74, 6) is 0.249. The molecule has 1 saturated heterocycles. The summed E-state index contributed by atoms with van der Waals surface area (Å²) in [4.78, 5) is 0. The molecule has 0 radical (unpaired) electrons. The average molecular weight is 251 g/mol. The van der Waals surface area contributed by atoms with E-state index in [0.717, 1.165) is 30.9 Å². The Hall–Kier alpha value is -1.10. The lowest BCUT2D eigenvalue weighted by molar-refractivity contribution is -0.260. The second-order valence-electron chi connectivity index (χ2n) is 4.77. The molecule has 1 unspecified atom stereocenters. The quantitative estimate of drug-likeness (QED) is 0.891. The van der Waals surface area contributed by atoms with Crippen LogP contribution < -0.4 is 10.5 Å². The molecule has 2 rings (SSSR count). The van der Waals surface area contributed by atoms with E-state index in [4.69, 9.17) is 19.9 Å². The minimum atomic E-state index is -0.569. The number of hydrogen-bond donors (Lipinski definition) is 1. The molecular formula is C14H21NO3. The summed E-state index contributed by atoms with van der Waals surface area (Å²) in [5, 5.41) is 0. The predicted molar refractivity (Wildman–Crippen MR) is 69.5 cm³/mol. The fraction of sp³-hybridized carbons (Fsp3) is 0.571. The minimum absolute atomic E-state index is 0.122. The van der Waals surface area contributed by atoms with Crippen molar-refractivity contribution in [1.29, 1.82) is 0 Å². The van der Waals surface area contributed by atoms with E-state index in [0.29, 0.717) is 6.42 Å². The Balaban J connectivity index is 2.03. The third kappa shape index (κ3) is 3.22. The van der Waals surface area contributed by atoms with Gasteiger partial charge in [0.1, 0.15) is 5.75 Å². The molecule has 4 nitrogen and oxygen atoms in total. The van der Waals surface area contributed by atoms with E-state index >= 15 is 0 Å². The monoisotopic (exact) mass is 251 g/mol. The maximum absolute atomic E-state index is 6.22. The van der Waals surface area contributed by atoms with Crippen LogP contribution in [0.1, 0.15) is 31.4 Å². The second-order valence-corrected chi connectivity index (χ2v) is 4.77. The van der Waals surface area contributed by atoms with Crippen LogP contribution in [0.3, 0.4) is 0 Å². The van der Waals surface area contributed by atoms with Gasteiger partial charge in [0, 0.05) is 12.5 Å². The zero-order chi connectivity index (χ0) is 13.0. The van der Waals surface area contributed by atoms with E-state index in [1.54, 1.807) is 7.11 Å². The van der Waals surface area contributed by atoms with E-state index in [2.05, 4.69) is 0 Å². The zero-order valence-electron chi connectivity index (χ0n) is 11.0. The molecule has 2 N–H and O–H groups in total. The molecule has 1 aromatic rings. The van der Waals surface area contributed by atoms with E-state index in [9.17, 15) is 0 Å². The zero-order valence-corrected chi connectivity index (χ0v) is 11.0. The normalized spacial score (nSPS) is 20.4. The summed E-state index contributed by atoms with van der Waals surface area (Å²) in [7, 11) is 1.65. The largest absolute Gasteiger partial charge is 0.497 e. The molecule has 18 heavy (non-hydrogen) atoms. The highest BCUT2D eigenvalue weighted by molar-refractivity contribution is 5.30. The highest BCUT2D eigenvalue weighted by Gasteiger charge is 2.31. The minimum Gasteiger partial charge on any atom is -0.497 e. The summed E-state index contributed by atoms with van der Waals surface area (Å²) in [6.07, 6.45) is 1.59. The summed E-state index contributed by atoms with van der Waals surface area (Å²) in [6, 6.07) is 7.68. The van der Waals surface area contributed by atoms with Crippen molar-refractivity contribution in [3.05, 3.63) is 29.8 Å². The molecule has 1 atom stereocenters. The molecular weight excluding hydrogens is 230 g/mol. The van der Waals surface area contributed by atoms with Crippen molar-refractivity contribution in [3.8, 4) is 5.75 Å². The first kappa shape index (κ1) is 13.3. The van der Waals surface area contributed by atoms with Crippen LogP contribution in [0.15, 0.2) is 24.3 Å². The van der Waals surface area contributed by atoms with Crippen LogP contribution in [0.25, 0.3) is 0 Å². The lowest BCUT2D eigenvalue weighted by atomic mass is 9.99. The van der Waals surface area contributed by atoms with Gasteiger partial charge in [-0.2, -0.15) is 0 Å². The van der Waals surface area contributed by atoms with Gasteiger partial charge >= 0.3 is 0 Å². The molecule has 0 aliphatic carbocycles. The fourth-order valence-corrected chi connectivity index (χ4v) is 2.18. The number of hydrogen-bond acceptors (Lipinski definition) is 4. The van der Waals surface area contributed by atoms with Gasteiger partial charge in [0.25, 0.3) is 0 Å². The van der Waals surface area contributed by atoms with Crippen LogP contribution >= 0.6 is 0 Å². The summed E-state index contributed by atoms with van der Waals surface area (Å²) < 4.78 is 16.6. The van der Waals surface area contributed by atoms with Gasteiger partial charge in [-0.15, -0.1) is 0 Å². The molecule has 100 valence electrons. The number of rotatable bonds is 4. The lowest BCUT2D eigenvalue weighted by Crippen LogP contribution is -2.40. The van der Waals surface area contributed by atoms with Gasteiger partial charge in [0.15, 0.2) is 5.79 Å². The Labute approximate surface area is 108 Å². The molecule has 1 fully saturated rings. The van der Waals surface area contributed by atoms with Gasteiger partial charge in [0.05, 0.1) is 20.3 Å². The van der Waals surface area contributed by atoms with Crippen LogP contribution in [0.4, 0.5) is 0 Å². The SMILES string of the molecule is COc1cccc(C(N)CC2(C)OCCCO2)c1. The third-order valence-corrected chi connectivity index (χ3v) is 3.22. The summed E-state index contributed by atoms with van der Waals surface area (Å²) in [5.41, 5.74) is 7.25. The van der Waals surface area contributed by atoms with Crippen molar-refractivity contribution in [3.63, 3.8) is 0 Å². The molecule has 1 aromatic carbocycles. The molecule has 0 bridgehead atoms. The van der Waals surface area contributed by atoms with Gasteiger partial charge in [0.2, 0.25) is 0 Å². The average Bonchev–Trinajstić information content (AvgIpc) is 2.39. The number of methoxy groups -OCH3 is 1. The first-order valence-electron chi connectivity index (χ1n) is 6.30. The van der Waals surface area contributed by atoms with E-state index in [1.807, 2.05) is 31.2 Å². The number of benzene rings is 1. The van der Waals surface area contributed by atoms with Crippen LogP contribution in [0, 0.1) is 0 Å². The van der Waals surface area contributed by atoms with Gasteiger partial charge in [-0.05, 0) is 31.0 Å². The summed E-state index contributed by atoms with van der Waals surface area (Å²) in [6.45, 7) is 3.43. The van der Waals surface area contributed by atoms with Gasteiger partial charge in [-0.3, -0.25) is 0 Å². The van der Waals surface area contributed by atoms with Crippen LogP contribution in [0.5, 0.6) is 5.75 Å². The third-order valence-electron chi connectivity index (χ3n) is 3.22. The molecule has 0 saturated carbocycles. The molecule has 1 aliphatic rings. The number of nitrogens with two attached hydrogens (primary N) is 1. The summed E-state index contributed by atoms with van der Waals surface area (Å²) >= 11 is 0.